The van der Waals surface area contributed by atoms with Crippen LogP contribution < -0.4 is 9.47 Å². The second-order valence-corrected chi connectivity index (χ2v) is 5.09. The highest BCUT2D eigenvalue weighted by molar-refractivity contribution is 5.97. The maximum atomic E-state index is 13.1. The van der Waals surface area contributed by atoms with E-state index in [0.717, 1.165) is 5.56 Å². The fourth-order valence-electron chi connectivity index (χ4n) is 2.43. The molecular formula is C17H13FN2O4. The van der Waals surface area contributed by atoms with Crippen LogP contribution in [-0.4, -0.2) is 17.0 Å². The molecule has 0 amide bonds. The van der Waals surface area contributed by atoms with Gasteiger partial charge >= 0.3 is 0 Å². The van der Waals surface area contributed by atoms with Gasteiger partial charge in [-0.15, -0.1) is 0 Å². The van der Waals surface area contributed by atoms with Gasteiger partial charge in [0.15, 0.2) is 17.0 Å². The highest BCUT2D eigenvalue weighted by Gasteiger charge is 2.23. The van der Waals surface area contributed by atoms with Gasteiger partial charge in [0.25, 0.3) is 5.69 Å². The van der Waals surface area contributed by atoms with E-state index >= 15 is 0 Å². The number of aromatic nitrogens is 1. The molecule has 0 spiro atoms. The third-order valence-electron chi connectivity index (χ3n) is 3.57. The summed E-state index contributed by atoms with van der Waals surface area (Å²) in [5, 5.41) is 11.8. The van der Waals surface area contributed by atoms with Crippen molar-refractivity contribution < 1.29 is 18.8 Å². The first-order valence-corrected chi connectivity index (χ1v) is 7.05. The lowest BCUT2D eigenvalue weighted by Gasteiger charge is -2.14. The van der Waals surface area contributed by atoms with Crippen LogP contribution in [0, 0.1) is 22.9 Å². The predicted octanol–water partition coefficient (Wildman–Crippen LogP) is 4.39. The highest BCUT2D eigenvalue weighted by atomic mass is 19.1. The topological polar surface area (TPSA) is 74.5 Å². The first-order valence-electron chi connectivity index (χ1n) is 7.05. The van der Waals surface area contributed by atoms with Gasteiger partial charge in [-0.25, -0.2) is 9.37 Å². The minimum absolute atomic E-state index is 0.169. The molecule has 0 aliphatic carbocycles. The fraction of sp³-hybridized carbons (Fsp3) is 0.118. The Bertz CT molecular complexity index is 926. The molecular weight excluding hydrogens is 315 g/mol. The molecule has 122 valence electrons. The number of aryl methyl sites for hydroxylation is 1. The van der Waals surface area contributed by atoms with Crippen molar-refractivity contribution in [1.29, 1.82) is 0 Å². The zero-order valence-corrected chi connectivity index (χ0v) is 12.9. The number of nitro groups is 1. The van der Waals surface area contributed by atoms with Gasteiger partial charge in [0.2, 0.25) is 0 Å². The maximum Gasteiger partial charge on any atom is 0.299 e. The molecule has 3 rings (SSSR count). The van der Waals surface area contributed by atoms with Crippen LogP contribution in [0.3, 0.4) is 0 Å². The van der Waals surface area contributed by atoms with E-state index in [4.69, 9.17) is 9.47 Å². The van der Waals surface area contributed by atoms with E-state index in [1.807, 2.05) is 0 Å². The van der Waals surface area contributed by atoms with Crippen LogP contribution in [0.4, 0.5) is 10.1 Å². The summed E-state index contributed by atoms with van der Waals surface area (Å²) in [7, 11) is 1.40. The van der Waals surface area contributed by atoms with Gasteiger partial charge in [0.1, 0.15) is 11.6 Å². The minimum Gasteiger partial charge on any atom is -0.493 e. The molecule has 0 aliphatic heterocycles. The monoisotopic (exact) mass is 328 g/mol. The Balaban J connectivity index is 2.27. The van der Waals surface area contributed by atoms with Crippen LogP contribution in [0.25, 0.3) is 10.9 Å². The second kappa shape index (κ2) is 6.11. The first-order chi connectivity index (χ1) is 11.5. The van der Waals surface area contributed by atoms with Crippen molar-refractivity contribution in [3.63, 3.8) is 0 Å². The standard InChI is InChI=1S/C17H13FN2O4/c1-10-7-8-19-16-13(20(21)22)9-14(23-2)17(15(10)16)24-12-5-3-11(18)4-6-12/h3-9H,1-2H3. The largest absolute Gasteiger partial charge is 0.493 e. The third kappa shape index (κ3) is 2.71. The van der Waals surface area contributed by atoms with E-state index in [-0.39, 0.29) is 22.8 Å². The van der Waals surface area contributed by atoms with E-state index in [0.29, 0.717) is 16.9 Å². The van der Waals surface area contributed by atoms with Crippen molar-refractivity contribution in [2.45, 2.75) is 6.92 Å². The average Bonchev–Trinajstić information content (AvgIpc) is 2.56. The molecule has 0 radical (unpaired) electrons. The Morgan fingerprint density at radius 1 is 1.21 bits per heavy atom. The first kappa shape index (κ1) is 15.7. The molecule has 1 aromatic heterocycles. The summed E-state index contributed by atoms with van der Waals surface area (Å²) in [5.74, 6) is 0.499. The van der Waals surface area contributed by atoms with Gasteiger partial charge in [-0.2, -0.15) is 0 Å². The molecule has 3 aromatic rings. The van der Waals surface area contributed by atoms with Crippen molar-refractivity contribution in [2.75, 3.05) is 7.11 Å². The summed E-state index contributed by atoms with van der Waals surface area (Å²) in [6.45, 7) is 1.80. The summed E-state index contributed by atoms with van der Waals surface area (Å²) in [6.07, 6.45) is 1.50. The minimum atomic E-state index is -0.515. The average molecular weight is 328 g/mol. The molecule has 0 N–H and O–H groups in total. The molecule has 0 unspecified atom stereocenters. The van der Waals surface area contributed by atoms with Crippen LogP contribution in [-0.2, 0) is 0 Å². The van der Waals surface area contributed by atoms with Gasteiger partial charge in [-0.05, 0) is 42.8 Å². The lowest BCUT2D eigenvalue weighted by Crippen LogP contribution is -1.98. The number of halogens is 1. The summed E-state index contributed by atoms with van der Waals surface area (Å²) in [6, 6.07) is 8.46. The van der Waals surface area contributed by atoms with E-state index in [9.17, 15) is 14.5 Å². The van der Waals surface area contributed by atoms with Gasteiger partial charge < -0.3 is 9.47 Å². The molecule has 1 heterocycles. The summed E-state index contributed by atoms with van der Waals surface area (Å²) >= 11 is 0. The van der Waals surface area contributed by atoms with Crippen LogP contribution in [0.1, 0.15) is 5.56 Å². The molecule has 0 bridgehead atoms. The number of hydrogen-bond donors (Lipinski definition) is 0. The SMILES string of the molecule is COc1cc([N+](=O)[O-])c2nccc(C)c2c1Oc1ccc(F)cc1. The Labute approximate surface area is 136 Å². The molecule has 6 nitrogen and oxygen atoms in total. The van der Waals surface area contributed by atoms with Crippen LogP contribution in [0.2, 0.25) is 0 Å². The van der Waals surface area contributed by atoms with Gasteiger partial charge in [0.05, 0.1) is 23.5 Å². The van der Waals surface area contributed by atoms with Crippen LogP contribution >= 0.6 is 0 Å². The number of pyridine rings is 1. The van der Waals surface area contributed by atoms with Crippen molar-refractivity contribution in [3.05, 3.63) is 64.1 Å². The number of rotatable bonds is 4. The third-order valence-corrected chi connectivity index (χ3v) is 3.57. The van der Waals surface area contributed by atoms with E-state index in [2.05, 4.69) is 4.98 Å². The molecule has 0 saturated heterocycles. The Kier molecular flexibility index (Phi) is 3.99. The lowest BCUT2D eigenvalue weighted by molar-refractivity contribution is -0.383. The Hall–Kier alpha value is -3.22. The highest BCUT2D eigenvalue weighted by Crippen LogP contribution is 2.43. The van der Waals surface area contributed by atoms with Crippen molar-refractivity contribution in [2.24, 2.45) is 0 Å². The van der Waals surface area contributed by atoms with Gasteiger partial charge in [0, 0.05) is 6.20 Å². The smallest absolute Gasteiger partial charge is 0.299 e. The predicted molar refractivity (Wildman–Crippen MR) is 86.2 cm³/mol. The van der Waals surface area contributed by atoms with Gasteiger partial charge in [-0.3, -0.25) is 10.1 Å². The molecule has 0 aliphatic rings. The molecule has 2 aromatic carbocycles. The maximum absolute atomic E-state index is 13.1. The lowest BCUT2D eigenvalue weighted by atomic mass is 10.1. The normalized spacial score (nSPS) is 10.6. The number of non-ortho nitro benzene ring substituents is 1. The summed E-state index contributed by atoms with van der Waals surface area (Å²) in [5.41, 5.74) is 0.786. The number of nitrogens with zero attached hydrogens (tertiary/aromatic N) is 2. The second-order valence-electron chi connectivity index (χ2n) is 5.09. The summed E-state index contributed by atoms with van der Waals surface area (Å²) < 4.78 is 24.2. The molecule has 0 atom stereocenters. The number of methoxy groups -OCH3 is 1. The fourth-order valence-corrected chi connectivity index (χ4v) is 2.43. The van der Waals surface area contributed by atoms with E-state index in [1.54, 1.807) is 13.0 Å². The number of ether oxygens (including phenoxy) is 2. The number of fused-ring (bicyclic) bond motifs is 1. The number of benzene rings is 2. The zero-order chi connectivity index (χ0) is 17.3. The van der Waals surface area contributed by atoms with Crippen molar-refractivity contribution in [1.82, 2.24) is 4.98 Å². The molecule has 0 fully saturated rings. The molecule has 7 heteroatoms. The molecule has 0 saturated carbocycles. The van der Waals surface area contributed by atoms with Crippen LogP contribution in [0.5, 0.6) is 17.2 Å². The Morgan fingerprint density at radius 2 is 1.92 bits per heavy atom. The number of hydrogen-bond acceptors (Lipinski definition) is 5. The van der Waals surface area contributed by atoms with E-state index < -0.39 is 4.92 Å². The molecule has 24 heavy (non-hydrogen) atoms. The Morgan fingerprint density at radius 3 is 2.54 bits per heavy atom. The van der Waals surface area contributed by atoms with Crippen molar-refractivity contribution >= 4 is 16.6 Å². The zero-order valence-electron chi connectivity index (χ0n) is 12.9. The quantitative estimate of drug-likeness (QED) is 0.524. The summed E-state index contributed by atoms with van der Waals surface area (Å²) in [4.78, 5) is 14.9. The van der Waals surface area contributed by atoms with Gasteiger partial charge in [-0.1, -0.05) is 0 Å². The van der Waals surface area contributed by atoms with E-state index in [1.165, 1.54) is 43.6 Å². The number of nitro benzene ring substituents is 1. The van der Waals surface area contributed by atoms with Crippen LogP contribution in [0.15, 0.2) is 42.6 Å². The van der Waals surface area contributed by atoms with Crippen molar-refractivity contribution in [3.8, 4) is 17.2 Å².